The summed E-state index contributed by atoms with van der Waals surface area (Å²) in [7, 11) is 0. The van der Waals surface area contributed by atoms with E-state index in [2.05, 4.69) is 4.98 Å². The van der Waals surface area contributed by atoms with Crippen LogP contribution in [0.15, 0.2) is 36.5 Å². The second-order valence-electron chi connectivity index (χ2n) is 4.11. The van der Waals surface area contributed by atoms with Crippen molar-refractivity contribution in [3.63, 3.8) is 0 Å². The highest BCUT2D eigenvalue weighted by Gasteiger charge is 2.03. The Labute approximate surface area is 122 Å². The van der Waals surface area contributed by atoms with Gasteiger partial charge in [0.1, 0.15) is 17.3 Å². The molecule has 1 aromatic carbocycles. The van der Waals surface area contributed by atoms with E-state index < -0.39 is 0 Å². The normalized spacial score (nSPS) is 10.2. The lowest BCUT2D eigenvalue weighted by molar-refractivity contribution is 0.304. The quantitative estimate of drug-likeness (QED) is 0.879. The summed E-state index contributed by atoms with van der Waals surface area (Å²) in [6.07, 6.45) is 1.66. The minimum Gasteiger partial charge on any atom is -0.489 e. The van der Waals surface area contributed by atoms with Gasteiger partial charge in [-0.15, -0.1) is 0 Å². The highest BCUT2D eigenvalue weighted by Crippen LogP contribution is 2.23. The topological polar surface area (TPSA) is 48.1 Å². The Hall–Kier alpha value is -1.65. The number of nitrogens with two attached hydrogens (primary N) is 1. The van der Waals surface area contributed by atoms with E-state index in [4.69, 9.17) is 34.3 Å². The number of thiocarbonyl (C=S) groups is 1. The van der Waals surface area contributed by atoms with Crippen molar-refractivity contribution in [1.82, 2.24) is 4.98 Å². The molecule has 0 unspecified atom stereocenters. The Balaban J connectivity index is 2.12. The molecule has 0 radical (unpaired) electrons. The maximum absolute atomic E-state index is 5.94. The molecule has 0 amide bonds. The minimum atomic E-state index is 0.279. The Morgan fingerprint density at radius 3 is 2.89 bits per heavy atom. The first-order valence-corrected chi connectivity index (χ1v) is 6.48. The third-order valence-electron chi connectivity index (χ3n) is 2.62. The fourth-order valence-electron chi connectivity index (χ4n) is 1.59. The van der Waals surface area contributed by atoms with Gasteiger partial charge in [0.15, 0.2) is 0 Å². The summed E-state index contributed by atoms with van der Waals surface area (Å²) < 4.78 is 5.74. The van der Waals surface area contributed by atoms with E-state index in [1.165, 1.54) is 0 Å². The number of nitrogens with zero attached hydrogens (tertiary/aromatic N) is 1. The van der Waals surface area contributed by atoms with Crippen LogP contribution >= 0.6 is 23.8 Å². The zero-order valence-corrected chi connectivity index (χ0v) is 12.0. The Morgan fingerprint density at radius 2 is 2.16 bits per heavy atom. The molecule has 0 saturated carbocycles. The third-order valence-corrected chi connectivity index (χ3v) is 3.07. The number of pyridine rings is 1. The first-order chi connectivity index (χ1) is 9.06. The van der Waals surface area contributed by atoms with Crippen molar-refractivity contribution >= 4 is 28.8 Å². The van der Waals surface area contributed by atoms with Crippen LogP contribution in [-0.4, -0.2) is 9.97 Å². The predicted octanol–water partition coefficient (Wildman–Crippen LogP) is 3.26. The van der Waals surface area contributed by atoms with Gasteiger partial charge in [0, 0.05) is 11.2 Å². The number of aromatic nitrogens is 1. The van der Waals surface area contributed by atoms with Crippen LogP contribution in [0.25, 0.3) is 0 Å². The van der Waals surface area contributed by atoms with E-state index in [0.717, 1.165) is 16.9 Å². The molecule has 0 aliphatic heterocycles. The standard InChI is InChI=1S/C14H13ClN2OS/c1-9-2-3-11(15)7-13(9)18-8-10-4-5-17-12(6-10)14(16)19/h2-7H,8H2,1H3,(H2,16,19). The number of ether oxygens (including phenoxy) is 1. The van der Waals surface area contributed by atoms with Crippen LogP contribution in [-0.2, 0) is 6.61 Å². The molecular weight excluding hydrogens is 280 g/mol. The molecule has 19 heavy (non-hydrogen) atoms. The number of aryl methyl sites for hydroxylation is 1. The van der Waals surface area contributed by atoms with Crippen molar-refractivity contribution in [2.75, 3.05) is 0 Å². The summed E-state index contributed by atoms with van der Waals surface area (Å²) in [5.41, 5.74) is 8.13. The molecule has 2 N–H and O–H groups in total. The van der Waals surface area contributed by atoms with Gasteiger partial charge in [0.05, 0.1) is 5.69 Å². The Kier molecular flexibility index (Phi) is 4.35. The molecule has 5 heteroatoms. The van der Waals surface area contributed by atoms with E-state index in [9.17, 15) is 0 Å². The van der Waals surface area contributed by atoms with Gasteiger partial charge in [-0.2, -0.15) is 0 Å². The van der Waals surface area contributed by atoms with Crippen molar-refractivity contribution in [1.29, 1.82) is 0 Å². The first kappa shape index (κ1) is 13.8. The molecule has 0 saturated heterocycles. The van der Waals surface area contributed by atoms with E-state index >= 15 is 0 Å². The molecular formula is C14H13ClN2OS. The molecule has 0 atom stereocenters. The monoisotopic (exact) mass is 292 g/mol. The average molecular weight is 293 g/mol. The molecule has 1 aromatic heterocycles. The molecule has 1 heterocycles. The lowest BCUT2D eigenvalue weighted by Gasteiger charge is -2.10. The lowest BCUT2D eigenvalue weighted by Crippen LogP contribution is -2.12. The molecule has 2 aromatic rings. The predicted molar refractivity (Wildman–Crippen MR) is 80.6 cm³/mol. The molecule has 0 aliphatic carbocycles. The maximum Gasteiger partial charge on any atom is 0.124 e. The molecule has 2 rings (SSSR count). The van der Waals surface area contributed by atoms with Crippen LogP contribution in [0.5, 0.6) is 5.75 Å². The number of halogens is 1. The minimum absolute atomic E-state index is 0.279. The molecule has 0 fully saturated rings. The van der Waals surface area contributed by atoms with Crippen molar-refractivity contribution in [3.05, 3.63) is 58.4 Å². The number of benzene rings is 1. The zero-order valence-electron chi connectivity index (χ0n) is 10.4. The SMILES string of the molecule is Cc1ccc(Cl)cc1OCc1ccnc(C(N)=S)c1. The van der Waals surface area contributed by atoms with Gasteiger partial charge in [-0.05, 0) is 42.3 Å². The fourth-order valence-corrected chi connectivity index (χ4v) is 1.86. The van der Waals surface area contributed by atoms with Crippen molar-refractivity contribution < 1.29 is 4.74 Å². The third kappa shape index (κ3) is 3.66. The van der Waals surface area contributed by atoms with E-state index in [0.29, 0.717) is 17.3 Å². The van der Waals surface area contributed by atoms with Gasteiger partial charge in [0.25, 0.3) is 0 Å². The summed E-state index contributed by atoms with van der Waals surface area (Å²) in [6, 6.07) is 9.24. The first-order valence-electron chi connectivity index (χ1n) is 5.70. The van der Waals surface area contributed by atoms with Crippen LogP contribution < -0.4 is 10.5 Å². The van der Waals surface area contributed by atoms with Gasteiger partial charge in [-0.3, -0.25) is 4.98 Å². The van der Waals surface area contributed by atoms with Crippen LogP contribution in [0.1, 0.15) is 16.8 Å². The summed E-state index contributed by atoms with van der Waals surface area (Å²) in [4.78, 5) is 4.36. The highest BCUT2D eigenvalue weighted by atomic mass is 35.5. The smallest absolute Gasteiger partial charge is 0.124 e. The maximum atomic E-state index is 5.94. The van der Waals surface area contributed by atoms with Crippen LogP contribution in [0, 0.1) is 6.92 Å². The zero-order chi connectivity index (χ0) is 13.8. The summed E-state index contributed by atoms with van der Waals surface area (Å²) in [6.45, 7) is 2.39. The highest BCUT2D eigenvalue weighted by molar-refractivity contribution is 7.80. The average Bonchev–Trinajstić information content (AvgIpc) is 2.40. The number of hydrogen-bond donors (Lipinski definition) is 1. The Bertz CT molecular complexity index is 616. The number of rotatable bonds is 4. The van der Waals surface area contributed by atoms with E-state index in [1.54, 1.807) is 12.3 Å². The van der Waals surface area contributed by atoms with Crippen molar-refractivity contribution in [3.8, 4) is 5.75 Å². The van der Waals surface area contributed by atoms with Crippen LogP contribution in [0.3, 0.4) is 0 Å². The van der Waals surface area contributed by atoms with Gasteiger partial charge >= 0.3 is 0 Å². The molecule has 3 nitrogen and oxygen atoms in total. The van der Waals surface area contributed by atoms with Gasteiger partial charge in [-0.1, -0.05) is 29.9 Å². The molecule has 0 aliphatic rings. The van der Waals surface area contributed by atoms with Crippen molar-refractivity contribution in [2.24, 2.45) is 5.73 Å². The largest absolute Gasteiger partial charge is 0.489 e. The summed E-state index contributed by atoms with van der Waals surface area (Å²) in [5.74, 6) is 0.765. The second-order valence-corrected chi connectivity index (χ2v) is 4.99. The second kappa shape index (κ2) is 5.99. The molecule has 0 bridgehead atoms. The van der Waals surface area contributed by atoms with Gasteiger partial charge in [-0.25, -0.2) is 0 Å². The molecule has 98 valence electrons. The number of hydrogen-bond acceptors (Lipinski definition) is 3. The fraction of sp³-hybridized carbons (Fsp3) is 0.143. The Morgan fingerprint density at radius 1 is 1.37 bits per heavy atom. The lowest BCUT2D eigenvalue weighted by atomic mass is 10.2. The van der Waals surface area contributed by atoms with E-state index in [-0.39, 0.29) is 4.99 Å². The van der Waals surface area contributed by atoms with E-state index in [1.807, 2.05) is 31.2 Å². The molecule has 0 spiro atoms. The summed E-state index contributed by atoms with van der Waals surface area (Å²) >= 11 is 10.8. The van der Waals surface area contributed by atoms with Gasteiger partial charge in [0.2, 0.25) is 0 Å². The summed E-state index contributed by atoms with van der Waals surface area (Å²) in [5, 5.41) is 0.652. The van der Waals surface area contributed by atoms with Gasteiger partial charge < -0.3 is 10.5 Å². The van der Waals surface area contributed by atoms with Crippen LogP contribution in [0.2, 0.25) is 5.02 Å². The van der Waals surface area contributed by atoms with Crippen LogP contribution in [0.4, 0.5) is 0 Å². The van der Waals surface area contributed by atoms with Crippen molar-refractivity contribution in [2.45, 2.75) is 13.5 Å².